The van der Waals surface area contributed by atoms with Gasteiger partial charge in [-0.15, -0.1) is 0 Å². The fourth-order valence-electron chi connectivity index (χ4n) is 2.75. The van der Waals surface area contributed by atoms with Gasteiger partial charge in [0.05, 0.1) is 23.0 Å². The lowest BCUT2D eigenvalue weighted by Crippen LogP contribution is -2.18. The molecule has 1 aromatic rings. The molecule has 6 nitrogen and oxygen atoms in total. The molecule has 1 heterocycles. The summed E-state index contributed by atoms with van der Waals surface area (Å²) < 4.78 is 52.3. The first kappa shape index (κ1) is 19.2. The first-order valence-electron chi connectivity index (χ1n) is 8.02. The molecule has 0 radical (unpaired) electrons. The Balaban J connectivity index is 1.88. The zero-order chi connectivity index (χ0) is 17.8. The van der Waals surface area contributed by atoms with Gasteiger partial charge >= 0.3 is 0 Å². The van der Waals surface area contributed by atoms with Crippen LogP contribution in [0.15, 0.2) is 29.2 Å². The van der Waals surface area contributed by atoms with E-state index in [-0.39, 0.29) is 22.8 Å². The number of nitrogens with one attached hydrogen (secondary N) is 1. The van der Waals surface area contributed by atoms with Crippen LogP contribution in [-0.4, -0.2) is 53.8 Å². The van der Waals surface area contributed by atoms with E-state index in [1.807, 2.05) is 0 Å². The van der Waals surface area contributed by atoms with E-state index in [1.165, 1.54) is 12.1 Å². The molecule has 0 saturated carbocycles. The molecule has 2 atom stereocenters. The fourth-order valence-corrected chi connectivity index (χ4v) is 4.91. The van der Waals surface area contributed by atoms with Gasteiger partial charge in [0, 0.05) is 24.8 Å². The topological polar surface area (TPSA) is 89.5 Å². The molecule has 1 N–H and O–H groups in total. The maximum Gasteiger partial charge on any atom is 0.178 e. The average Bonchev–Trinajstić information content (AvgIpc) is 2.89. The second kappa shape index (κ2) is 7.84. The van der Waals surface area contributed by atoms with Crippen LogP contribution in [0.25, 0.3) is 0 Å². The van der Waals surface area contributed by atoms with Crippen molar-refractivity contribution in [3.63, 3.8) is 0 Å². The van der Waals surface area contributed by atoms with E-state index < -0.39 is 19.7 Å². The van der Waals surface area contributed by atoms with Gasteiger partial charge in [0.15, 0.2) is 9.84 Å². The van der Waals surface area contributed by atoms with E-state index >= 15 is 0 Å². The van der Waals surface area contributed by atoms with Gasteiger partial charge in [-0.2, -0.15) is 0 Å². The monoisotopic (exact) mass is 375 g/mol. The van der Waals surface area contributed by atoms with Gasteiger partial charge in [0.2, 0.25) is 0 Å². The van der Waals surface area contributed by atoms with E-state index in [1.54, 1.807) is 12.1 Å². The van der Waals surface area contributed by atoms with Crippen LogP contribution in [0.1, 0.15) is 19.8 Å². The summed E-state index contributed by atoms with van der Waals surface area (Å²) in [5.74, 6) is 0.816. The van der Waals surface area contributed by atoms with Crippen molar-refractivity contribution in [2.24, 2.45) is 5.92 Å². The molecule has 1 saturated heterocycles. The van der Waals surface area contributed by atoms with Gasteiger partial charge in [-0.1, -0.05) is 0 Å². The lowest BCUT2D eigenvalue weighted by molar-refractivity contribution is 0.258. The highest BCUT2D eigenvalue weighted by atomic mass is 32.2. The Bertz CT molecular complexity index is 741. The van der Waals surface area contributed by atoms with Crippen molar-refractivity contribution >= 4 is 19.7 Å². The van der Waals surface area contributed by atoms with E-state index in [9.17, 15) is 16.8 Å². The fraction of sp³-hybridized carbons (Fsp3) is 0.625. The summed E-state index contributed by atoms with van der Waals surface area (Å²) in [4.78, 5) is 0.194. The summed E-state index contributed by atoms with van der Waals surface area (Å²) in [7, 11) is -6.61. The van der Waals surface area contributed by atoms with Gasteiger partial charge < -0.3 is 10.1 Å². The van der Waals surface area contributed by atoms with Gasteiger partial charge in [0.25, 0.3) is 0 Å². The average molecular weight is 376 g/mol. The molecular weight excluding hydrogens is 350 g/mol. The second-order valence-electron chi connectivity index (χ2n) is 6.50. The van der Waals surface area contributed by atoms with Crippen LogP contribution in [0.3, 0.4) is 0 Å². The van der Waals surface area contributed by atoms with E-state index in [4.69, 9.17) is 4.74 Å². The molecule has 136 valence electrons. The van der Waals surface area contributed by atoms with Crippen LogP contribution in [0.5, 0.6) is 5.75 Å². The van der Waals surface area contributed by atoms with Gasteiger partial charge in [0.1, 0.15) is 15.6 Å². The van der Waals surface area contributed by atoms with E-state index in [0.717, 1.165) is 19.2 Å². The van der Waals surface area contributed by atoms with Crippen molar-refractivity contribution in [3.8, 4) is 5.75 Å². The largest absolute Gasteiger partial charge is 0.493 e. The highest BCUT2D eigenvalue weighted by molar-refractivity contribution is 7.92. The maximum absolute atomic E-state index is 12.2. The number of hydrogen-bond acceptors (Lipinski definition) is 6. The van der Waals surface area contributed by atoms with Crippen LogP contribution in [0.2, 0.25) is 0 Å². The minimum absolute atomic E-state index is 0.103. The molecular formula is C16H25NO5S2. The highest BCUT2D eigenvalue weighted by Crippen LogP contribution is 2.20. The number of sulfone groups is 2. The Morgan fingerprint density at radius 3 is 2.33 bits per heavy atom. The molecule has 0 aromatic heterocycles. The third-order valence-electron chi connectivity index (χ3n) is 4.04. The number of hydrogen-bond donors (Lipinski definition) is 1. The molecule has 0 amide bonds. The summed E-state index contributed by atoms with van der Waals surface area (Å²) in [6.07, 6.45) is 2.28. The highest BCUT2D eigenvalue weighted by Gasteiger charge is 2.21. The Kier molecular flexibility index (Phi) is 6.28. The third-order valence-corrected chi connectivity index (χ3v) is 6.89. The Labute approximate surface area is 144 Å². The second-order valence-corrected chi connectivity index (χ2v) is 10.9. The smallest absolute Gasteiger partial charge is 0.178 e. The molecule has 1 aliphatic rings. The molecule has 1 aliphatic heterocycles. The maximum atomic E-state index is 12.2. The predicted molar refractivity (Wildman–Crippen MR) is 93.9 cm³/mol. The quantitative estimate of drug-likeness (QED) is 0.736. The number of rotatable bonds is 8. The molecule has 0 spiro atoms. The summed E-state index contributed by atoms with van der Waals surface area (Å²) in [5.41, 5.74) is 0. The molecule has 1 aromatic carbocycles. The standard InChI is InChI=1S/C16H25NO5S2/c1-13-10-14(11-17-13)12-22-15-4-6-16(7-5-15)24(20,21)9-3-8-23(2,18)19/h4-7,13-14,17H,3,8-12H2,1-2H3/t13-,14+/m1/s1. The normalized spacial score (nSPS) is 21.8. The Hall–Kier alpha value is -1.12. The lowest BCUT2D eigenvalue weighted by atomic mass is 10.1. The van der Waals surface area contributed by atoms with Crippen LogP contribution in [0, 0.1) is 5.92 Å². The number of ether oxygens (including phenoxy) is 1. The van der Waals surface area contributed by atoms with Crippen molar-refractivity contribution in [2.45, 2.75) is 30.7 Å². The third kappa shape index (κ3) is 6.07. The van der Waals surface area contributed by atoms with Crippen LogP contribution in [-0.2, 0) is 19.7 Å². The minimum atomic E-state index is -3.47. The first-order valence-corrected chi connectivity index (χ1v) is 11.7. The zero-order valence-electron chi connectivity index (χ0n) is 14.1. The van der Waals surface area contributed by atoms with E-state index in [2.05, 4.69) is 12.2 Å². The molecule has 1 fully saturated rings. The summed E-state index contributed by atoms with van der Waals surface area (Å²) in [5, 5.41) is 3.36. The SMILES string of the molecule is C[C@@H]1C[C@H](COc2ccc(S(=O)(=O)CCCS(C)(=O)=O)cc2)CN1. The molecule has 2 rings (SSSR count). The first-order chi connectivity index (χ1) is 11.2. The molecule has 24 heavy (non-hydrogen) atoms. The van der Waals surface area contributed by atoms with Crippen LogP contribution >= 0.6 is 0 Å². The summed E-state index contributed by atoms with van der Waals surface area (Å²) >= 11 is 0. The summed E-state index contributed by atoms with van der Waals surface area (Å²) in [6.45, 7) is 3.69. The van der Waals surface area contributed by atoms with Crippen molar-refractivity contribution in [1.29, 1.82) is 0 Å². The molecule has 0 bridgehead atoms. The van der Waals surface area contributed by atoms with Crippen molar-refractivity contribution in [1.82, 2.24) is 5.32 Å². The predicted octanol–water partition coefficient (Wildman–Crippen LogP) is 1.27. The molecule has 0 aliphatic carbocycles. The number of benzene rings is 1. The summed E-state index contributed by atoms with van der Waals surface area (Å²) in [6, 6.07) is 6.84. The lowest BCUT2D eigenvalue weighted by Gasteiger charge is -2.11. The van der Waals surface area contributed by atoms with Crippen molar-refractivity contribution < 1.29 is 21.6 Å². The van der Waals surface area contributed by atoms with Crippen molar-refractivity contribution in [2.75, 3.05) is 30.9 Å². The van der Waals surface area contributed by atoms with Gasteiger partial charge in [-0.05, 0) is 44.0 Å². The minimum Gasteiger partial charge on any atom is -0.493 e. The Morgan fingerprint density at radius 1 is 1.12 bits per heavy atom. The van der Waals surface area contributed by atoms with Gasteiger partial charge in [-0.3, -0.25) is 0 Å². The van der Waals surface area contributed by atoms with Gasteiger partial charge in [-0.25, -0.2) is 16.8 Å². The molecule has 8 heteroatoms. The van der Waals surface area contributed by atoms with Crippen molar-refractivity contribution in [3.05, 3.63) is 24.3 Å². The Morgan fingerprint density at radius 2 is 1.79 bits per heavy atom. The van der Waals surface area contributed by atoms with E-state index in [0.29, 0.717) is 24.3 Å². The van der Waals surface area contributed by atoms with Crippen LogP contribution < -0.4 is 10.1 Å². The molecule has 0 unspecified atom stereocenters. The zero-order valence-corrected chi connectivity index (χ0v) is 15.7. The van der Waals surface area contributed by atoms with Crippen LogP contribution in [0.4, 0.5) is 0 Å².